The van der Waals surface area contributed by atoms with E-state index in [4.69, 9.17) is 4.74 Å². The number of halogens is 1. The fourth-order valence-corrected chi connectivity index (χ4v) is 2.83. The average Bonchev–Trinajstić information content (AvgIpc) is 2.46. The number of likely N-dealkylation sites (N-methyl/N-ethyl adjacent to an activating group) is 1. The minimum atomic E-state index is -0.749. The molecule has 1 N–H and O–H groups in total. The van der Waals surface area contributed by atoms with Crippen LogP contribution < -0.4 is 0 Å². The number of nitrogens with zero attached hydrogens (tertiary/aromatic N) is 1. The SMILES string of the molecule is CC(C(=O)c1ccc(Br)cc1)N(C)CC1(O)CCOCC1. The predicted octanol–water partition coefficient (Wildman–Crippen LogP) is 2.49. The summed E-state index contributed by atoms with van der Waals surface area (Å²) in [6.07, 6.45) is 1.24. The van der Waals surface area contributed by atoms with E-state index in [1.54, 1.807) is 0 Å². The summed E-state index contributed by atoms with van der Waals surface area (Å²) in [5.41, 5.74) is -0.0575. The smallest absolute Gasteiger partial charge is 0.179 e. The summed E-state index contributed by atoms with van der Waals surface area (Å²) >= 11 is 3.37. The molecule has 0 saturated carbocycles. The largest absolute Gasteiger partial charge is 0.388 e. The molecule has 21 heavy (non-hydrogen) atoms. The molecule has 1 aromatic carbocycles. The predicted molar refractivity (Wildman–Crippen MR) is 85.6 cm³/mol. The van der Waals surface area contributed by atoms with Gasteiger partial charge in [0.1, 0.15) is 0 Å². The lowest BCUT2D eigenvalue weighted by Gasteiger charge is -2.37. The van der Waals surface area contributed by atoms with Crippen LogP contribution >= 0.6 is 15.9 Å². The molecule has 4 nitrogen and oxygen atoms in total. The van der Waals surface area contributed by atoms with Crippen molar-refractivity contribution in [1.82, 2.24) is 4.90 Å². The van der Waals surface area contributed by atoms with Crippen LogP contribution in [-0.2, 0) is 4.74 Å². The minimum Gasteiger partial charge on any atom is -0.388 e. The van der Waals surface area contributed by atoms with Crippen LogP contribution in [0.3, 0.4) is 0 Å². The molecule has 2 rings (SSSR count). The molecule has 1 unspecified atom stereocenters. The monoisotopic (exact) mass is 355 g/mol. The van der Waals surface area contributed by atoms with Gasteiger partial charge in [0.05, 0.1) is 11.6 Å². The van der Waals surface area contributed by atoms with E-state index in [2.05, 4.69) is 15.9 Å². The fraction of sp³-hybridized carbons (Fsp3) is 0.562. The number of carbonyl (C=O) groups is 1. The Kier molecular flexibility index (Phi) is 5.54. The molecule has 0 amide bonds. The van der Waals surface area contributed by atoms with E-state index in [0.717, 1.165) is 4.47 Å². The van der Waals surface area contributed by atoms with E-state index in [0.29, 0.717) is 38.2 Å². The first-order valence-electron chi connectivity index (χ1n) is 7.21. The van der Waals surface area contributed by atoms with E-state index in [1.165, 1.54) is 0 Å². The first kappa shape index (κ1) is 16.6. The number of ether oxygens (including phenoxy) is 1. The molecule has 0 radical (unpaired) electrons. The van der Waals surface area contributed by atoms with E-state index in [9.17, 15) is 9.90 Å². The highest BCUT2D eigenvalue weighted by atomic mass is 79.9. The van der Waals surface area contributed by atoms with Crippen molar-refractivity contribution in [3.63, 3.8) is 0 Å². The molecule has 1 heterocycles. The normalized spacial score (nSPS) is 19.5. The third-order valence-electron chi connectivity index (χ3n) is 4.14. The maximum absolute atomic E-state index is 12.5. The topological polar surface area (TPSA) is 49.8 Å². The zero-order chi connectivity index (χ0) is 15.5. The zero-order valence-corrected chi connectivity index (χ0v) is 14.1. The first-order chi connectivity index (χ1) is 9.91. The van der Waals surface area contributed by atoms with Gasteiger partial charge in [-0.25, -0.2) is 0 Å². The molecule has 1 aliphatic heterocycles. The average molecular weight is 356 g/mol. The van der Waals surface area contributed by atoms with Gasteiger partial charge in [0.25, 0.3) is 0 Å². The molecule has 0 bridgehead atoms. The number of hydrogen-bond donors (Lipinski definition) is 1. The maximum Gasteiger partial charge on any atom is 0.179 e. The van der Waals surface area contributed by atoms with Crippen LogP contribution in [0.1, 0.15) is 30.1 Å². The first-order valence-corrected chi connectivity index (χ1v) is 8.01. The van der Waals surface area contributed by atoms with Gasteiger partial charge >= 0.3 is 0 Å². The Balaban J connectivity index is 1.99. The quantitative estimate of drug-likeness (QED) is 0.824. The van der Waals surface area contributed by atoms with Gasteiger partial charge in [-0.15, -0.1) is 0 Å². The number of hydrogen-bond acceptors (Lipinski definition) is 4. The molecular weight excluding hydrogens is 334 g/mol. The van der Waals surface area contributed by atoms with Gasteiger partial charge in [0.2, 0.25) is 0 Å². The Morgan fingerprint density at radius 1 is 1.38 bits per heavy atom. The van der Waals surface area contributed by atoms with Gasteiger partial charge in [-0.2, -0.15) is 0 Å². The van der Waals surface area contributed by atoms with Crippen molar-refractivity contribution in [2.24, 2.45) is 0 Å². The van der Waals surface area contributed by atoms with Crippen LogP contribution in [0.25, 0.3) is 0 Å². The summed E-state index contributed by atoms with van der Waals surface area (Å²) < 4.78 is 6.24. The lowest BCUT2D eigenvalue weighted by molar-refractivity contribution is -0.0791. The molecule has 1 fully saturated rings. The standard InChI is InChI=1S/C16H22BrNO3/c1-12(15(19)13-3-5-14(17)6-4-13)18(2)11-16(20)7-9-21-10-8-16/h3-6,12,20H,7-11H2,1-2H3. The van der Waals surface area contributed by atoms with E-state index >= 15 is 0 Å². The highest BCUT2D eigenvalue weighted by Gasteiger charge is 2.33. The van der Waals surface area contributed by atoms with Crippen LogP contribution in [0, 0.1) is 0 Å². The Morgan fingerprint density at radius 2 is 1.95 bits per heavy atom. The van der Waals surface area contributed by atoms with Crippen molar-refractivity contribution in [2.45, 2.75) is 31.4 Å². The summed E-state index contributed by atoms with van der Waals surface area (Å²) in [7, 11) is 1.88. The summed E-state index contributed by atoms with van der Waals surface area (Å²) in [5.74, 6) is 0.0701. The number of carbonyl (C=O) groups excluding carboxylic acids is 1. The molecule has 5 heteroatoms. The molecule has 0 aliphatic carbocycles. The van der Waals surface area contributed by atoms with E-state index < -0.39 is 5.60 Å². The van der Waals surface area contributed by atoms with Gasteiger partial charge in [-0.3, -0.25) is 9.69 Å². The lowest BCUT2D eigenvalue weighted by atomic mass is 9.93. The van der Waals surface area contributed by atoms with Crippen LogP contribution in [-0.4, -0.2) is 54.2 Å². The van der Waals surface area contributed by atoms with Crippen LogP contribution in [0.2, 0.25) is 0 Å². The van der Waals surface area contributed by atoms with Gasteiger partial charge in [0.15, 0.2) is 5.78 Å². The van der Waals surface area contributed by atoms with Crippen molar-refractivity contribution in [2.75, 3.05) is 26.8 Å². The fourth-order valence-electron chi connectivity index (χ4n) is 2.57. The van der Waals surface area contributed by atoms with Gasteiger partial charge in [-0.1, -0.05) is 28.1 Å². The van der Waals surface area contributed by atoms with E-state index in [-0.39, 0.29) is 11.8 Å². The third kappa shape index (κ3) is 4.36. The summed E-state index contributed by atoms with van der Waals surface area (Å²) in [6, 6.07) is 7.11. The van der Waals surface area contributed by atoms with Crippen molar-refractivity contribution >= 4 is 21.7 Å². The summed E-state index contributed by atoms with van der Waals surface area (Å²) in [5, 5.41) is 10.5. The third-order valence-corrected chi connectivity index (χ3v) is 4.67. The van der Waals surface area contributed by atoms with Crippen LogP contribution in [0.15, 0.2) is 28.7 Å². The van der Waals surface area contributed by atoms with Gasteiger partial charge in [0, 0.05) is 42.6 Å². The van der Waals surface area contributed by atoms with Crippen molar-refractivity contribution < 1.29 is 14.6 Å². The maximum atomic E-state index is 12.5. The van der Waals surface area contributed by atoms with Gasteiger partial charge < -0.3 is 9.84 Å². The number of rotatable bonds is 5. The van der Waals surface area contributed by atoms with Gasteiger partial charge in [-0.05, 0) is 26.1 Å². The molecule has 0 aromatic heterocycles. The Hall–Kier alpha value is -0.750. The van der Waals surface area contributed by atoms with Crippen molar-refractivity contribution in [3.8, 4) is 0 Å². The molecule has 116 valence electrons. The van der Waals surface area contributed by atoms with Crippen molar-refractivity contribution in [3.05, 3.63) is 34.3 Å². The molecule has 1 aliphatic rings. The Labute approximate surface area is 134 Å². The highest BCUT2D eigenvalue weighted by molar-refractivity contribution is 9.10. The zero-order valence-electron chi connectivity index (χ0n) is 12.5. The number of ketones is 1. The molecule has 1 saturated heterocycles. The summed E-state index contributed by atoms with van der Waals surface area (Å²) in [6.45, 7) is 3.53. The number of aliphatic hydroxyl groups is 1. The number of Topliss-reactive ketones (excluding diaryl/α,β-unsaturated/α-hetero) is 1. The second-order valence-electron chi connectivity index (χ2n) is 5.80. The van der Waals surface area contributed by atoms with Crippen molar-refractivity contribution in [1.29, 1.82) is 0 Å². The lowest BCUT2D eigenvalue weighted by Crippen LogP contribution is -2.49. The van der Waals surface area contributed by atoms with Crippen LogP contribution in [0.5, 0.6) is 0 Å². The molecule has 1 aromatic rings. The Morgan fingerprint density at radius 3 is 2.52 bits per heavy atom. The summed E-state index contributed by atoms with van der Waals surface area (Å²) in [4.78, 5) is 14.4. The van der Waals surface area contributed by atoms with E-state index in [1.807, 2.05) is 43.1 Å². The number of benzene rings is 1. The highest BCUT2D eigenvalue weighted by Crippen LogP contribution is 2.22. The molecular formula is C16H22BrNO3. The van der Waals surface area contributed by atoms with Crippen LogP contribution in [0.4, 0.5) is 0 Å². The second-order valence-corrected chi connectivity index (χ2v) is 6.71. The Bertz CT molecular complexity index is 483. The second kappa shape index (κ2) is 7.01. The molecule has 0 spiro atoms. The molecule has 1 atom stereocenters. The minimum absolute atomic E-state index is 0.0701.